The fourth-order valence-electron chi connectivity index (χ4n) is 3.50. The van der Waals surface area contributed by atoms with Gasteiger partial charge < -0.3 is 15.0 Å². The minimum absolute atomic E-state index is 0.0805. The molecule has 2 heterocycles. The summed E-state index contributed by atoms with van der Waals surface area (Å²) in [5, 5.41) is 4.81. The summed E-state index contributed by atoms with van der Waals surface area (Å²) in [5.74, 6) is -1.21. The van der Waals surface area contributed by atoms with Gasteiger partial charge in [0.1, 0.15) is 0 Å². The van der Waals surface area contributed by atoms with Crippen LogP contribution in [0.4, 0.5) is 5.69 Å². The van der Waals surface area contributed by atoms with E-state index in [1.165, 1.54) is 18.4 Å². The van der Waals surface area contributed by atoms with E-state index in [2.05, 4.69) is 10.1 Å². The van der Waals surface area contributed by atoms with Crippen LogP contribution in [0.25, 0.3) is 0 Å². The molecule has 6 nitrogen and oxygen atoms in total. The Labute approximate surface area is 168 Å². The fraction of sp³-hybridized carbons (Fsp3) is 0.381. The number of thiophene rings is 1. The van der Waals surface area contributed by atoms with Crippen molar-refractivity contribution in [1.29, 1.82) is 0 Å². The number of ether oxygens (including phenoxy) is 1. The van der Waals surface area contributed by atoms with Gasteiger partial charge in [-0.25, -0.2) is 0 Å². The molecule has 2 aromatic rings. The van der Waals surface area contributed by atoms with E-state index in [0.717, 1.165) is 16.1 Å². The molecule has 3 unspecified atom stereocenters. The number of anilines is 1. The minimum atomic E-state index is -0.521. The van der Waals surface area contributed by atoms with E-state index in [1.807, 2.05) is 48.7 Å². The number of carbonyl (C=O) groups is 3. The first-order valence-corrected chi connectivity index (χ1v) is 10.1. The van der Waals surface area contributed by atoms with Crippen molar-refractivity contribution in [2.24, 2.45) is 5.92 Å². The lowest BCUT2D eigenvalue weighted by Gasteiger charge is -2.28. The Balaban J connectivity index is 1.86. The van der Waals surface area contributed by atoms with Gasteiger partial charge in [-0.15, -0.1) is 11.3 Å². The zero-order chi connectivity index (χ0) is 20.3. The molecule has 0 saturated carbocycles. The normalized spacial score (nSPS) is 20.1. The molecule has 0 spiro atoms. The lowest BCUT2D eigenvalue weighted by molar-refractivity contribution is -0.141. The molecule has 3 atom stereocenters. The van der Waals surface area contributed by atoms with E-state index in [4.69, 9.17) is 0 Å². The van der Waals surface area contributed by atoms with Gasteiger partial charge in [0.2, 0.25) is 11.8 Å². The van der Waals surface area contributed by atoms with Crippen LogP contribution in [0.2, 0.25) is 0 Å². The van der Waals surface area contributed by atoms with E-state index in [-0.39, 0.29) is 42.7 Å². The molecule has 1 aromatic carbocycles. The van der Waals surface area contributed by atoms with Crippen molar-refractivity contribution >= 4 is 34.8 Å². The predicted molar refractivity (Wildman–Crippen MR) is 108 cm³/mol. The van der Waals surface area contributed by atoms with Gasteiger partial charge >= 0.3 is 5.97 Å². The molecular weight excluding hydrogens is 376 g/mol. The van der Waals surface area contributed by atoms with Crippen LogP contribution in [-0.2, 0) is 19.1 Å². The maximum atomic E-state index is 13.0. The lowest BCUT2D eigenvalue weighted by Crippen LogP contribution is -2.40. The molecule has 2 amide bonds. The van der Waals surface area contributed by atoms with Gasteiger partial charge in [-0.3, -0.25) is 14.4 Å². The summed E-state index contributed by atoms with van der Waals surface area (Å²) in [6.45, 7) is 3.74. The molecule has 3 rings (SSSR count). The third-order valence-corrected chi connectivity index (χ3v) is 5.84. The number of hydrogen-bond acceptors (Lipinski definition) is 5. The van der Waals surface area contributed by atoms with Crippen molar-refractivity contribution < 1.29 is 19.1 Å². The molecule has 1 aliphatic heterocycles. The highest BCUT2D eigenvalue weighted by molar-refractivity contribution is 7.10. The van der Waals surface area contributed by atoms with Crippen LogP contribution >= 0.6 is 11.3 Å². The summed E-state index contributed by atoms with van der Waals surface area (Å²) < 4.78 is 4.66. The molecule has 1 fully saturated rings. The monoisotopic (exact) mass is 400 g/mol. The Morgan fingerprint density at radius 1 is 1.29 bits per heavy atom. The third-order valence-electron chi connectivity index (χ3n) is 4.90. The Hall–Kier alpha value is -2.67. The van der Waals surface area contributed by atoms with Crippen molar-refractivity contribution in [3.8, 4) is 0 Å². The maximum Gasteiger partial charge on any atom is 0.307 e. The van der Waals surface area contributed by atoms with Gasteiger partial charge in [0.25, 0.3) is 0 Å². The Morgan fingerprint density at radius 3 is 2.61 bits per heavy atom. The first-order chi connectivity index (χ1) is 13.4. The van der Waals surface area contributed by atoms with E-state index >= 15 is 0 Å². The highest BCUT2D eigenvalue weighted by Gasteiger charge is 2.46. The molecule has 7 heteroatoms. The molecule has 148 valence electrons. The van der Waals surface area contributed by atoms with Crippen LogP contribution in [0, 0.1) is 12.8 Å². The van der Waals surface area contributed by atoms with Crippen LogP contribution in [0.1, 0.15) is 36.2 Å². The van der Waals surface area contributed by atoms with Crippen LogP contribution in [0.15, 0.2) is 41.8 Å². The number of hydrogen-bond donors (Lipinski definition) is 1. The smallest absolute Gasteiger partial charge is 0.307 e. The molecular formula is C21H24N2O4S. The van der Waals surface area contributed by atoms with Gasteiger partial charge in [-0.05, 0) is 37.4 Å². The number of nitrogens with one attached hydrogen (secondary N) is 1. The van der Waals surface area contributed by atoms with Gasteiger partial charge in [0, 0.05) is 23.0 Å². The number of amides is 2. The second kappa shape index (κ2) is 8.56. The van der Waals surface area contributed by atoms with Crippen molar-refractivity contribution in [2.75, 3.05) is 12.0 Å². The second-order valence-corrected chi connectivity index (χ2v) is 8.04. The summed E-state index contributed by atoms with van der Waals surface area (Å²) in [7, 11) is 1.32. The highest BCUT2D eigenvalue weighted by atomic mass is 32.1. The van der Waals surface area contributed by atoms with Crippen molar-refractivity contribution in [2.45, 2.75) is 38.8 Å². The second-order valence-electron chi connectivity index (χ2n) is 7.06. The molecule has 28 heavy (non-hydrogen) atoms. The number of nitrogens with zero attached hydrogens (tertiary/aromatic N) is 1. The minimum Gasteiger partial charge on any atom is -0.469 e. The van der Waals surface area contributed by atoms with E-state index in [0.29, 0.717) is 0 Å². The van der Waals surface area contributed by atoms with Gasteiger partial charge in [0.15, 0.2) is 0 Å². The number of aryl methyl sites for hydroxylation is 1. The maximum absolute atomic E-state index is 13.0. The van der Waals surface area contributed by atoms with Crippen molar-refractivity contribution in [3.05, 3.63) is 52.2 Å². The first kappa shape index (κ1) is 20.1. The first-order valence-electron chi connectivity index (χ1n) is 9.20. The average Bonchev–Trinajstić information content (AvgIpc) is 3.29. The fourth-order valence-corrected chi connectivity index (χ4v) is 4.38. The summed E-state index contributed by atoms with van der Waals surface area (Å²) in [4.78, 5) is 40.0. The molecule has 1 N–H and O–H groups in total. The van der Waals surface area contributed by atoms with Gasteiger partial charge in [-0.1, -0.05) is 23.8 Å². The average molecular weight is 401 g/mol. The van der Waals surface area contributed by atoms with E-state index < -0.39 is 5.92 Å². The zero-order valence-electron chi connectivity index (χ0n) is 16.2. The molecule has 0 bridgehead atoms. The summed E-state index contributed by atoms with van der Waals surface area (Å²) in [6.07, 6.45) is 0.224. The van der Waals surface area contributed by atoms with E-state index in [9.17, 15) is 14.4 Å². The molecule has 1 aliphatic rings. The number of rotatable bonds is 6. The largest absolute Gasteiger partial charge is 0.469 e. The standard InChI is InChI=1S/C21H24N2O4S/c1-13-6-8-15(9-7-13)23-18(24)12-16(20(23)17-5-4-10-28-17)21(26)22-14(2)11-19(25)27-3/h4-10,14,16,20H,11-12H2,1-3H3,(H,22,26). The quantitative estimate of drug-likeness (QED) is 0.756. The van der Waals surface area contributed by atoms with Gasteiger partial charge in [0.05, 0.1) is 25.5 Å². The van der Waals surface area contributed by atoms with Crippen molar-refractivity contribution in [1.82, 2.24) is 5.32 Å². The molecule has 0 aliphatic carbocycles. The van der Waals surface area contributed by atoms with Crippen molar-refractivity contribution in [3.63, 3.8) is 0 Å². The topological polar surface area (TPSA) is 75.7 Å². The highest BCUT2D eigenvalue weighted by Crippen LogP contribution is 2.43. The number of carbonyl (C=O) groups excluding carboxylic acids is 3. The Morgan fingerprint density at radius 2 is 2.00 bits per heavy atom. The summed E-state index contributed by atoms with van der Waals surface area (Å²) in [5.41, 5.74) is 1.89. The number of benzene rings is 1. The van der Waals surface area contributed by atoms with E-state index in [1.54, 1.807) is 11.8 Å². The SMILES string of the molecule is COC(=O)CC(C)NC(=O)C1CC(=O)N(c2ccc(C)cc2)C1c1cccs1. The molecule has 1 saturated heterocycles. The summed E-state index contributed by atoms with van der Waals surface area (Å²) in [6, 6.07) is 10.9. The van der Waals surface area contributed by atoms with Gasteiger partial charge in [-0.2, -0.15) is 0 Å². The number of methoxy groups -OCH3 is 1. The van der Waals surface area contributed by atoms with Crippen LogP contribution < -0.4 is 10.2 Å². The Kier molecular flexibility index (Phi) is 6.14. The molecule has 0 radical (unpaired) electrons. The summed E-state index contributed by atoms with van der Waals surface area (Å²) >= 11 is 1.53. The zero-order valence-corrected chi connectivity index (χ0v) is 17.0. The number of esters is 1. The molecule has 1 aromatic heterocycles. The lowest BCUT2D eigenvalue weighted by atomic mass is 9.97. The Bertz CT molecular complexity index is 848. The predicted octanol–water partition coefficient (Wildman–Crippen LogP) is 3.22. The van der Waals surface area contributed by atoms with Crippen LogP contribution in [-0.4, -0.2) is 30.9 Å². The third kappa shape index (κ3) is 4.25. The van der Waals surface area contributed by atoms with Crippen LogP contribution in [0.3, 0.4) is 0 Å². The van der Waals surface area contributed by atoms with Crippen LogP contribution in [0.5, 0.6) is 0 Å².